The van der Waals surface area contributed by atoms with Gasteiger partial charge in [0.1, 0.15) is 12.4 Å². The fourth-order valence-corrected chi connectivity index (χ4v) is 5.35. The quantitative estimate of drug-likeness (QED) is 0.231. The summed E-state index contributed by atoms with van der Waals surface area (Å²) in [5.41, 5.74) is 2.34. The molecule has 1 aliphatic heterocycles. The van der Waals surface area contributed by atoms with E-state index in [0.717, 1.165) is 14.7 Å². The highest BCUT2D eigenvalue weighted by Gasteiger charge is 2.32. The number of thioether (sulfide) groups is 1. The molecule has 0 bridgehead atoms. The van der Waals surface area contributed by atoms with Gasteiger partial charge in [-0.15, -0.1) is 0 Å². The van der Waals surface area contributed by atoms with E-state index in [9.17, 15) is 14.0 Å². The van der Waals surface area contributed by atoms with E-state index in [1.54, 1.807) is 48.4 Å². The first kappa shape index (κ1) is 26.7. The number of amidine groups is 1. The van der Waals surface area contributed by atoms with E-state index in [1.807, 2.05) is 13.0 Å². The van der Waals surface area contributed by atoms with E-state index < -0.39 is 5.97 Å². The summed E-state index contributed by atoms with van der Waals surface area (Å²) in [5.74, 6) is -0.439. The second-order valence-electron chi connectivity index (χ2n) is 7.86. The monoisotopic (exact) mass is 632 g/mol. The number of carboxylic acids is 1. The third-order valence-electron chi connectivity index (χ3n) is 5.39. The summed E-state index contributed by atoms with van der Waals surface area (Å²) >= 11 is 3.41. The van der Waals surface area contributed by atoms with Crippen molar-refractivity contribution in [3.63, 3.8) is 0 Å². The van der Waals surface area contributed by atoms with Gasteiger partial charge in [-0.1, -0.05) is 12.1 Å². The van der Waals surface area contributed by atoms with Gasteiger partial charge in [0.15, 0.2) is 16.7 Å². The Morgan fingerprint density at radius 2 is 1.86 bits per heavy atom. The molecule has 4 rings (SSSR count). The molecule has 1 saturated heterocycles. The highest BCUT2D eigenvalue weighted by molar-refractivity contribution is 14.1. The van der Waals surface area contributed by atoms with Crippen LogP contribution in [-0.2, 0) is 11.4 Å². The average molecular weight is 632 g/mol. The van der Waals surface area contributed by atoms with Crippen molar-refractivity contribution in [1.29, 1.82) is 0 Å². The van der Waals surface area contributed by atoms with Crippen LogP contribution in [-0.4, -0.2) is 40.7 Å². The summed E-state index contributed by atoms with van der Waals surface area (Å²) in [4.78, 5) is 30.7. The topological polar surface area (TPSA) is 88.4 Å². The van der Waals surface area contributed by atoms with Gasteiger partial charge in [-0.3, -0.25) is 9.69 Å². The average Bonchev–Trinajstić information content (AvgIpc) is 3.17. The molecule has 3 aromatic rings. The summed E-state index contributed by atoms with van der Waals surface area (Å²) in [6.45, 7) is 2.55. The molecule has 0 radical (unpaired) electrons. The van der Waals surface area contributed by atoms with Crippen LogP contribution in [0.15, 0.2) is 70.6 Å². The van der Waals surface area contributed by atoms with Crippen LogP contribution in [0.5, 0.6) is 11.5 Å². The molecule has 10 heteroatoms. The van der Waals surface area contributed by atoms with Crippen LogP contribution in [0.2, 0.25) is 0 Å². The van der Waals surface area contributed by atoms with E-state index in [1.165, 1.54) is 36.0 Å². The molecule has 0 aromatic heterocycles. The molecule has 37 heavy (non-hydrogen) atoms. The minimum absolute atomic E-state index is 0.160. The molecular weight excluding hydrogens is 610 g/mol. The molecule has 190 valence electrons. The number of aliphatic imine (C=N–C) groups is 1. The summed E-state index contributed by atoms with van der Waals surface area (Å²) in [7, 11) is 1.54. The lowest BCUT2D eigenvalue weighted by molar-refractivity contribution is -0.122. The van der Waals surface area contributed by atoms with Crippen LogP contribution in [0.1, 0.15) is 28.4 Å². The van der Waals surface area contributed by atoms with Crippen LogP contribution >= 0.6 is 34.4 Å². The van der Waals surface area contributed by atoms with Crippen LogP contribution < -0.4 is 9.47 Å². The second kappa shape index (κ2) is 11.8. The van der Waals surface area contributed by atoms with E-state index in [4.69, 9.17) is 14.6 Å². The number of methoxy groups -OCH3 is 1. The Labute approximate surface area is 231 Å². The standard InChI is InChI=1S/C27H22FIN2O5S/c1-3-31-25(32)23(37-27(31)30-20-10-8-19(28)9-11-20)14-17-12-21(29)24(22(13-17)35-2)36-15-16-4-6-18(7-5-16)26(33)34/h4-14H,3,15H2,1-2H3,(H,33,34)/b23-14+,30-27?. The number of aromatic carboxylic acids is 1. The highest BCUT2D eigenvalue weighted by Crippen LogP contribution is 2.38. The van der Waals surface area contributed by atoms with Gasteiger partial charge in [0.05, 0.1) is 26.8 Å². The van der Waals surface area contributed by atoms with Crippen LogP contribution in [0.3, 0.4) is 0 Å². The van der Waals surface area contributed by atoms with E-state index in [2.05, 4.69) is 27.6 Å². The number of ether oxygens (including phenoxy) is 2. The number of hydrogen-bond donors (Lipinski definition) is 1. The molecule has 1 N–H and O–H groups in total. The fourth-order valence-electron chi connectivity index (χ4n) is 3.51. The zero-order valence-electron chi connectivity index (χ0n) is 19.9. The highest BCUT2D eigenvalue weighted by atomic mass is 127. The maximum atomic E-state index is 13.2. The number of carbonyl (C=O) groups excluding carboxylic acids is 1. The van der Waals surface area contributed by atoms with E-state index in [0.29, 0.717) is 33.8 Å². The Morgan fingerprint density at radius 3 is 2.49 bits per heavy atom. The van der Waals surface area contributed by atoms with Crippen molar-refractivity contribution in [1.82, 2.24) is 4.90 Å². The number of halogens is 2. The predicted molar refractivity (Wildman–Crippen MR) is 150 cm³/mol. The lowest BCUT2D eigenvalue weighted by atomic mass is 10.1. The Bertz CT molecular complexity index is 1390. The van der Waals surface area contributed by atoms with Crippen LogP contribution in [0.4, 0.5) is 10.1 Å². The van der Waals surface area contributed by atoms with Crippen LogP contribution in [0, 0.1) is 9.39 Å². The third-order valence-corrected chi connectivity index (χ3v) is 7.20. The number of nitrogens with zero attached hydrogens (tertiary/aromatic N) is 2. The first-order valence-corrected chi connectivity index (χ1v) is 13.1. The smallest absolute Gasteiger partial charge is 0.335 e. The van der Waals surface area contributed by atoms with Gasteiger partial charge in [0.2, 0.25) is 0 Å². The molecule has 3 aromatic carbocycles. The van der Waals surface area contributed by atoms with Gasteiger partial charge >= 0.3 is 5.97 Å². The molecule has 1 heterocycles. The molecule has 0 atom stereocenters. The van der Waals surface area contributed by atoms with E-state index >= 15 is 0 Å². The number of rotatable bonds is 8. The van der Waals surface area contributed by atoms with Gasteiger partial charge in [-0.05, 0) is 107 Å². The lowest BCUT2D eigenvalue weighted by Crippen LogP contribution is -2.28. The number of hydrogen-bond acceptors (Lipinski definition) is 6. The molecule has 0 saturated carbocycles. The van der Waals surface area contributed by atoms with Crippen molar-refractivity contribution in [2.45, 2.75) is 13.5 Å². The van der Waals surface area contributed by atoms with E-state index in [-0.39, 0.29) is 23.9 Å². The normalized spacial score (nSPS) is 15.5. The van der Waals surface area contributed by atoms with Gasteiger partial charge in [0, 0.05) is 6.54 Å². The first-order chi connectivity index (χ1) is 17.8. The maximum absolute atomic E-state index is 13.2. The van der Waals surface area contributed by atoms with Crippen molar-refractivity contribution in [3.8, 4) is 11.5 Å². The third kappa shape index (κ3) is 6.31. The maximum Gasteiger partial charge on any atom is 0.335 e. The van der Waals surface area contributed by atoms with Gasteiger partial charge in [0.25, 0.3) is 5.91 Å². The van der Waals surface area contributed by atoms with Crippen LogP contribution in [0.25, 0.3) is 6.08 Å². The Kier molecular flexibility index (Phi) is 8.49. The van der Waals surface area contributed by atoms with Gasteiger partial charge < -0.3 is 14.6 Å². The molecule has 1 fully saturated rings. The molecule has 1 amide bonds. The zero-order valence-corrected chi connectivity index (χ0v) is 22.9. The Morgan fingerprint density at radius 1 is 1.16 bits per heavy atom. The molecule has 0 aliphatic carbocycles. The number of carboxylic acid groups (broad SMARTS) is 1. The molecule has 7 nitrogen and oxygen atoms in total. The van der Waals surface area contributed by atoms with Crippen molar-refractivity contribution in [3.05, 3.63) is 91.6 Å². The number of likely N-dealkylation sites (N-methyl/N-ethyl adjacent to an activating group) is 1. The van der Waals surface area contributed by atoms with Gasteiger partial charge in [-0.25, -0.2) is 14.2 Å². The van der Waals surface area contributed by atoms with Crippen molar-refractivity contribution in [2.24, 2.45) is 4.99 Å². The second-order valence-corrected chi connectivity index (χ2v) is 10.0. The zero-order chi connectivity index (χ0) is 26.5. The lowest BCUT2D eigenvalue weighted by Gasteiger charge is -2.14. The molecule has 0 spiro atoms. The summed E-state index contributed by atoms with van der Waals surface area (Å²) in [6.07, 6.45) is 1.78. The van der Waals surface area contributed by atoms with Crippen molar-refractivity contribution < 1.29 is 28.6 Å². The summed E-state index contributed by atoms with van der Waals surface area (Å²) < 4.78 is 25.6. The number of benzene rings is 3. The number of amides is 1. The van der Waals surface area contributed by atoms with Crippen molar-refractivity contribution in [2.75, 3.05) is 13.7 Å². The minimum Gasteiger partial charge on any atom is -0.493 e. The SMILES string of the molecule is CCN1C(=O)/C(=C\c2cc(I)c(OCc3ccc(C(=O)O)cc3)c(OC)c2)SC1=Nc1ccc(F)cc1. The first-order valence-electron chi connectivity index (χ1n) is 11.2. The Balaban J connectivity index is 1.56. The Hall–Kier alpha value is -3.38. The molecule has 0 unspecified atom stereocenters. The summed E-state index contributed by atoms with van der Waals surface area (Å²) in [6, 6.07) is 15.9. The summed E-state index contributed by atoms with van der Waals surface area (Å²) in [5, 5.41) is 9.58. The fraction of sp³-hybridized carbons (Fsp3) is 0.148. The predicted octanol–water partition coefficient (Wildman–Crippen LogP) is 6.34. The van der Waals surface area contributed by atoms with Gasteiger partial charge in [-0.2, -0.15) is 0 Å². The van der Waals surface area contributed by atoms with Crippen molar-refractivity contribution >= 4 is 63.2 Å². The largest absolute Gasteiger partial charge is 0.493 e. The molecule has 1 aliphatic rings. The minimum atomic E-state index is -0.983. The number of carbonyl (C=O) groups is 2. The molecular formula is C27H22FIN2O5S.